The zero-order chi connectivity index (χ0) is 6.43. The molecule has 2 aliphatic rings. The van der Waals surface area contributed by atoms with E-state index in [0.29, 0.717) is 5.37 Å². The van der Waals surface area contributed by atoms with E-state index >= 15 is 0 Å². The Balaban J connectivity index is 2.16. The minimum Gasteiger partial charge on any atom is -0.325 e. The zero-order valence-corrected chi connectivity index (χ0v) is 5.78. The zero-order valence-electron chi connectivity index (χ0n) is 4.96. The molecule has 2 fully saturated rings. The van der Waals surface area contributed by atoms with E-state index in [-0.39, 0.29) is 5.91 Å². The number of carbonyl (C=O) groups excluding carboxylic acids is 1. The molecule has 1 atom stereocenters. The third-order valence-electron chi connectivity index (χ3n) is 1.67. The van der Waals surface area contributed by atoms with Crippen molar-refractivity contribution in [3.8, 4) is 0 Å². The van der Waals surface area contributed by atoms with Crippen molar-refractivity contribution in [2.45, 2.75) is 11.8 Å². The van der Waals surface area contributed by atoms with E-state index < -0.39 is 0 Å². The Morgan fingerprint density at radius 2 is 2.56 bits per heavy atom. The van der Waals surface area contributed by atoms with Crippen molar-refractivity contribution in [3.05, 3.63) is 11.5 Å². The molecule has 2 rings (SSSR count). The summed E-state index contributed by atoms with van der Waals surface area (Å²) < 4.78 is 0. The van der Waals surface area contributed by atoms with Crippen LogP contribution in [0.3, 0.4) is 0 Å². The highest BCUT2D eigenvalue weighted by molar-refractivity contribution is 8.04. The highest BCUT2D eigenvalue weighted by atomic mass is 32.2. The second-order valence-electron chi connectivity index (χ2n) is 2.34. The van der Waals surface area contributed by atoms with E-state index in [4.69, 9.17) is 0 Å². The summed E-state index contributed by atoms with van der Waals surface area (Å²) in [5.74, 6) is 0.283. The average molecular weight is 141 g/mol. The highest BCUT2D eigenvalue weighted by Crippen LogP contribution is 2.40. The van der Waals surface area contributed by atoms with E-state index in [1.165, 1.54) is 0 Å². The number of thioether (sulfide) groups is 1. The maximum atomic E-state index is 10.7. The lowest BCUT2D eigenvalue weighted by atomic mass is 10.2. The molecule has 2 saturated heterocycles. The number of nitrogens with zero attached hydrogens (tertiary/aromatic N) is 1. The third-order valence-corrected chi connectivity index (χ3v) is 2.82. The van der Waals surface area contributed by atoms with Crippen molar-refractivity contribution in [2.24, 2.45) is 0 Å². The summed E-state index contributed by atoms with van der Waals surface area (Å²) in [6.07, 6.45) is 0.726. The lowest BCUT2D eigenvalue weighted by Crippen LogP contribution is -2.46. The molecular weight excluding hydrogens is 134 g/mol. The van der Waals surface area contributed by atoms with Crippen molar-refractivity contribution >= 4 is 17.7 Å². The van der Waals surface area contributed by atoms with Crippen LogP contribution in [0.1, 0.15) is 6.42 Å². The molecule has 0 radical (unpaired) electrons. The van der Waals surface area contributed by atoms with Crippen LogP contribution in [0, 0.1) is 0 Å². The van der Waals surface area contributed by atoms with Crippen molar-refractivity contribution in [1.82, 2.24) is 4.90 Å². The molecule has 48 valence electrons. The molecule has 0 aromatic rings. The molecule has 2 heterocycles. The Bertz CT molecular complexity index is 187. The van der Waals surface area contributed by atoms with Gasteiger partial charge in [-0.2, -0.15) is 0 Å². The van der Waals surface area contributed by atoms with Gasteiger partial charge in [-0.1, -0.05) is 6.58 Å². The molecule has 0 aromatic heterocycles. The lowest BCUT2D eigenvalue weighted by Gasteiger charge is -2.32. The summed E-state index contributed by atoms with van der Waals surface area (Å²) in [5, 5.41) is 0.449. The summed E-state index contributed by atoms with van der Waals surface area (Å²) in [7, 11) is 0. The Morgan fingerprint density at radius 1 is 1.78 bits per heavy atom. The smallest absolute Gasteiger partial charge is 0.226 e. The number of carbonyl (C=O) groups is 1. The Hall–Kier alpha value is -0.440. The standard InChI is InChI=1S/C6H7NOS/c1-4-3-7-5(8)2-6(7)9-4/h6H,1-3H2/t6-/m1/s1. The van der Waals surface area contributed by atoms with Crippen molar-refractivity contribution in [3.63, 3.8) is 0 Å². The van der Waals surface area contributed by atoms with E-state index in [0.717, 1.165) is 17.9 Å². The molecular formula is C6H7NOS. The van der Waals surface area contributed by atoms with Gasteiger partial charge in [0.15, 0.2) is 0 Å². The van der Waals surface area contributed by atoms with E-state index in [1.54, 1.807) is 11.8 Å². The van der Waals surface area contributed by atoms with Gasteiger partial charge in [-0.05, 0) is 4.91 Å². The SMILES string of the molecule is C=C1CN2C(=O)C[C@H]2S1. The minimum atomic E-state index is 0.283. The molecule has 0 N–H and O–H groups in total. The van der Waals surface area contributed by atoms with Crippen LogP contribution in [-0.2, 0) is 4.79 Å². The van der Waals surface area contributed by atoms with Gasteiger partial charge in [0.25, 0.3) is 0 Å². The molecule has 0 saturated carbocycles. The number of β-lactam (4-membered cyclic amide) rings is 1. The van der Waals surface area contributed by atoms with Crippen LogP contribution in [-0.4, -0.2) is 22.7 Å². The van der Waals surface area contributed by atoms with Gasteiger partial charge >= 0.3 is 0 Å². The first-order chi connectivity index (χ1) is 4.27. The van der Waals surface area contributed by atoms with Crippen molar-refractivity contribution in [2.75, 3.05) is 6.54 Å². The molecule has 1 amide bonds. The minimum absolute atomic E-state index is 0.283. The van der Waals surface area contributed by atoms with Crippen LogP contribution in [0.15, 0.2) is 11.5 Å². The largest absolute Gasteiger partial charge is 0.325 e. The third kappa shape index (κ3) is 0.611. The monoisotopic (exact) mass is 141 g/mol. The molecule has 9 heavy (non-hydrogen) atoms. The first kappa shape index (κ1) is 5.35. The van der Waals surface area contributed by atoms with Crippen LogP contribution < -0.4 is 0 Å². The van der Waals surface area contributed by atoms with Crippen LogP contribution in [0.4, 0.5) is 0 Å². The summed E-state index contributed by atoms with van der Waals surface area (Å²) in [6, 6.07) is 0. The summed E-state index contributed by atoms with van der Waals surface area (Å²) in [6.45, 7) is 4.58. The molecule has 0 aliphatic carbocycles. The normalized spacial score (nSPS) is 32.4. The fourth-order valence-corrected chi connectivity index (χ4v) is 2.28. The molecule has 2 aliphatic heterocycles. The first-order valence-electron chi connectivity index (χ1n) is 2.91. The number of amides is 1. The van der Waals surface area contributed by atoms with Crippen LogP contribution in [0.25, 0.3) is 0 Å². The highest BCUT2D eigenvalue weighted by Gasteiger charge is 2.41. The summed E-state index contributed by atoms with van der Waals surface area (Å²) in [5.41, 5.74) is 0. The van der Waals surface area contributed by atoms with E-state index in [9.17, 15) is 4.79 Å². The maximum Gasteiger partial charge on any atom is 0.226 e. The van der Waals surface area contributed by atoms with Crippen molar-refractivity contribution < 1.29 is 4.79 Å². The fraction of sp³-hybridized carbons (Fsp3) is 0.500. The summed E-state index contributed by atoms with van der Waals surface area (Å²) in [4.78, 5) is 13.7. The number of rotatable bonds is 0. The topological polar surface area (TPSA) is 20.3 Å². The van der Waals surface area contributed by atoms with Gasteiger partial charge in [0, 0.05) is 0 Å². The summed E-state index contributed by atoms with van der Waals surface area (Å²) >= 11 is 1.73. The first-order valence-corrected chi connectivity index (χ1v) is 3.79. The molecule has 0 unspecified atom stereocenters. The Morgan fingerprint density at radius 3 is 3.00 bits per heavy atom. The quantitative estimate of drug-likeness (QED) is 0.465. The number of fused-ring (bicyclic) bond motifs is 1. The maximum absolute atomic E-state index is 10.7. The Labute approximate surface area is 57.9 Å². The van der Waals surface area contributed by atoms with Crippen LogP contribution >= 0.6 is 11.8 Å². The predicted molar refractivity (Wildman–Crippen MR) is 36.8 cm³/mol. The second-order valence-corrected chi connectivity index (χ2v) is 3.69. The van der Waals surface area contributed by atoms with E-state index in [2.05, 4.69) is 6.58 Å². The van der Waals surface area contributed by atoms with Crippen molar-refractivity contribution in [1.29, 1.82) is 0 Å². The van der Waals surface area contributed by atoms with Crippen LogP contribution in [0.2, 0.25) is 0 Å². The van der Waals surface area contributed by atoms with Gasteiger partial charge in [-0.25, -0.2) is 0 Å². The molecule has 0 spiro atoms. The molecule has 0 bridgehead atoms. The van der Waals surface area contributed by atoms with Gasteiger partial charge in [0.2, 0.25) is 5.91 Å². The molecule has 0 aromatic carbocycles. The van der Waals surface area contributed by atoms with Gasteiger partial charge < -0.3 is 4.90 Å². The number of hydrogen-bond donors (Lipinski definition) is 0. The average Bonchev–Trinajstić information content (AvgIpc) is 2.08. The van der Waals surface area contributed by atoms with E-state index in [1.807, 2.05) is 4.90 Å². The molecule has 2 nitrogen and oxygen atoms in total. The van der Waals surface area contributed by atoms with Crippen LogP contribution in [0.5, 0.6) is 0 Å². The van der Waals surface area contributed by atoms with Gasteiger partial charge in [0.1, 0.15) is 0 Å². The van der Waals surface area contributed by atoms with Gasteiger partial charge in [0.05, 0.1) is 18.3 Å². The lowest BCUT2D eigenvalue weighted by molar-refractivity contribution is -0.140. The Kier molecular flexibility index (Phi) is 0.913. The van der Waals surface area contributed by atoms with Gasteiger partial charge in [-0.3, -0.25) is 4.79 Å². The number of hydrogen-bond acceptors (Lipinski definition) is 2. The predicted octanol–water partition coefficient (Wildman–Crippen LogP) is 0.805. The fourth-order valence-electron chi connectivity index (χ4n) is 1.14. The molecule has 3 heteroatoms. The second kappa shape index (κ2) is 1.53. The van der Waals surface area contributed by atoms with Gasteiger partial charge in [-0.15, -0.1) is 11.8 Å².